The summed E-state index contributed by atoms with van der Waals surface area (Å²) in [7, 11) is 0. The van der Waals surface area contributed by atoms with Gasteiger partial charge in [0.15, 0.2) is 0 Å². The van der Waals surface area contributed by atoms with E-state index < -0.39 is 0 Å². The van der Waals surface area contributed by atoms with Crippen LogP contribution in [0.2, 0.25) is 0 Å². The van der Waals surface area contributed by atoms with Crippen molar-refractivity contribution in [3.05, 3.63) is 42.0 Å². The molecule has 1 aliphatic rings. The highest BCUT2D eigenvalue weighted by Gasteiger charge is 2.37. The van der Waals surface area contributed by atoms with Crippen molar-refractivity contribution in [2.45, 2.75) is 38.2 Å². The lowest BCUT2D eigenvalue weighted by atomic mass is 9.69. The van der Waals surface area contributed by atoms with Gasteiger partial charge in [0.2, 0.25) is 0 Å². The molecule has 0 aromatic heterocycles. The molecule has 2 nitrogen and oxygen atoms in total. The minimum Gasteiger partial charge on any atom is -0.392 e. The Morgan fingerprint density at radius 1 is 1.28 bits per heavy atom. The highest BCUT2D eigenvalue weighted by Crippen LogP contribution is 2.39. The predicted molar refractivity (Wildman–Crippen MR) is 76.1 cm³/mol. The van der Waals surface area contributed by atoms with Gasteiger partial charge in [0.05, 0.1) is 6.10 Å². The Kier molecular flexibility index (Phi) is 4.56. The Hall–Kier alpha value is -1.12. The van der Waals surface area contributed by atoms with E-state index in [2.05, 4.69) is 24.3 Å². The fourth-order valence-corrected chi connectivity index (χ4v) is 2.84. The Balaban J connectivity index is 2.00. The van der Waals surface area contributed by atoms with Gasteiger partial charge in [0, 0.05) is 12.0 Å². The normalized spacial score (nSPS) is 28.7. The molecule has 2 rings (SSSR count). The summed E-state index contributed by atoms with van der Waals surface area (Å²) in [6.45, 7) is 0.577. The highest BCUT2D eigenvalue weighted by molar-refractivity contribution is 5.48. The van der Waals surface area contributed by atoms with Crippen LogP contribution < -0.4 is 5.73 Å². The van der Waals surface area contributed by atoms with E-state index in [4.69, 9.17) is 5.73 Å². The monoisotopic (exact) mass is 245 g/mol. The van der Waals surface area contributed by atoms with Crippen LogP contribution in [0.5, 0.6) is 0 Å². The average molecular weight is 245 g/mol. The molecule has 2 unspecified atom stereocenters. The van der Waals surface area contributed by atoms with Gasteiger partial charge < -0.3 is 10.8 Å². The van der Waals surface area contributed by atoms with Crippen molar-refractivity contribution in [3.63, 3.8) is 0 Å². The van der Waals surface area contributed by atoms with E-state index in [0.29, 0.717) is 6.54 Å². The van der Waals surface area contributed by atoms with Crippen LogP contribution in [-0.2, 0) is 0 Å². The molecule has 98 valence electrons. The zero-order valence-electron chi connectivity index (χ0n) is 10.9. The minimum atomic E-state index is -0.239. The van der Waals surface area contributed by atoms with Crippen LogP contribution in [-0.4, -0.2) is 17.8 Å². The summed E-state index contributed by atoms with van der Waals surface area (Å²) in [6.07, 6.45) is 9.19. The topological polar surface area (TPSA) is 46.2 Å². The predicted octanol–water partition coefficient (Wildman–Crippen LogP) is 2.97. The second kappa shape index (κ2) is 6.17. The number of nitrogens with two attached hydrogens (primary N) is 1. The van der Waals surface area contributed by atoms with Crippen LogP contribution in [0.4, 0.5) is 0 Å². The van der Waals surface area contributed by atoms with Gasteiger partial charge in [0.25, 0.3) is 0 Å². The fourth-order valence-electron chi connectivity index (χ4n) is 2.84. The van der Waals surface area contributed by atoms with E-state index >= 15 is 0 Å². The molecule has 0 heterocycles. The van der Waals surface area contributed by atoms with Gasteiger partial charge in [-0.2, -0.15) is 0 Å². The van der Waals surface area contributed by atoms with Crippen molar-refractivity contribution in [3.8, 4) is 0 Å². The van der Waals surface area contributed by atoms with E-state index in [-0.39, 0.29) is 11.5 Å². The van der Waals surface area contributed by atoms with Crippen molar-refractivity contribution >= 4 is 6.08 Å². The van der Waals surface area contributed by atoms with Gasteiger partial charge in [-0.25, -0.2) is 0 Å². The van der Waals surface area contributed by atoms with Gasteiger partial charge in [-0.05, 0) is 24.8 Å². The van der Waals surface area contributed by atoms with Crippen LogP contribution in [0.25, 0.3) is 6.08 Å². The number of hydrogen-bond donors (Lipinski definition) is 2. The summed E-state index contributed by atoms with van der Waals surface area (Å²) in [4.78, 5) is 0. The first kappa shape index (κ1) is 13.3. The maximum atomic E-state index is 10.2. The van der Waals surface area contributed by atoms with E-state index in [1.165, 1.54) is 12.0 Å². The molecule has 0 amide bonds. The summed E-state index contributed by atoms with van der Waals surface area (Å²) in [5, 5.41) is 10.2. The molecule has 1 aromatic carbocycles. The fraction of sp³-hybridized carbons (Fsp3) is 0.500. The molecule has 2 heteroatoms. The summed E-state index contributed by atoms with van der Waals surface area (Å²) in [6, 6.07) is 10.3. The lowest BCUT2D eigenvalue weighted by Gasteiger charge is -2.40. The van der Waals surface area contributed by atoms with Crippen molar-refractivity contribution in [1.29, 1.82) is 0 Å². The Morgan fingerprint density at radius 3 is 2.72 bits per heavy atom. The van der Waals surface area contributed by atoms with Crippen molar-refractivity contribution in [1.82, 2.24) is 0 Å². The molecule has 3 N–H and O–H groups in total. The summed E-state index contributed by atoms with van der Waals surface area (Å²) in [5.74, 6) is 0. The van der Waals surface area contributed by atoms with E-state index in [1.54, 1.807) is 0 Å². The molecule has 0 spiro atoms. The molecule has 1 aliphatic carbocycles. The zero-order valence-corrected chi connectivity index (χ0v) is 10.9. The van der Waals surface area contributed by atoms with E-state index in [1.807, 2.05) is 18.2 Å². The summed E-state index contributed by atoms with van der Waals surface area (Å²) < 4.78 is 0. The Morgan fingerprint density at radius 2 is 2.06 bits per heavy atom. The largest absolute Gasteiger partial charge is 0.392 e. The van der Waals surface area contributed by atoms with E-state index in [9.17, 15) is 5.11 Å². The number of rotatable bonds is 4. The molecule has 0 aliphatic heterocycles. The highest BCUT2D eigenvalue weighted by atomic mass is 16.3. The first-order chi connectivity index (χ1) is 8.77. The van der Waals surface area contributed by atoms with Crippen molar-refractivity contribution in [2.75, 3.05) is 6.54 Å². The molecule has 18 heavy (non-hydrogen) atoms. The summed E-state index contributed by atoms with van der Waals surface area (Å²) in [5.41, 5.74) is 7.02. The third-order valence-electron chi connectivity index (χ3n) is 4.15. The second-order valence-electron chi connectivity index (χ2n) is 5.35. The van der Waals surface area contributed by atoms with Crippen LogP contribution in [0.1, 0.15) is 37.7 Å². The number of allylic oxidation sites excluding steroid dienone is 1. The molecule has 1 fully saturated rings. The number of aliphatic hydroxyl groups is 1. The smallest absolute Gasteiger partial charge is 0.0611 e. The lowest BCUT2D eigenvalue weighted by molar-refractivity contribution is -0.00393. The maximum Gasteiger partial charge on any atom is 0.0611 e. The third-order valence-corrected chi connectivity index (χ3v) is 4.15. The molecule has 1 aromatic rings. The number of aliphatic hydroxyl groups excluding tert-OH is 1. The maximum absolute atomic E-state index is 10.2. The second-order valence-corrected chi connectivity index (χ2v) is 5.35. The van der Waals surface area contributed by atoms with Crippen LogP contribution >= 0.6 is 0 Å². The first-order valence-corrected chi connectivity index (χ1v) is 6.86. The van der Waals surface area contributed by atoms with Gasteiger partial charge in [-0.3, -0.25) is 0 Å². The van der Waals surface area contributed by atoms with Gasteiger partial charge in [-0.1, -0.05) is 55.3 Å². The number of benzene rings is 1. The molecule has 0 saturated heterocycles. The number of hydrogen-bond acceptors (Lipinski definition) is 2. The average Bonchev–Trinajstić information content (AvgIpc) is 2.42. The molecule has 0 radical (unpaired) electrons. The summed E-state index contributed by atoms with van der Waals surface area (Å²) >= 11 is 0. The molecule has 1 saturated carbocycles. The molecular weight excluding hydrogens is 222 g/mol. The van der Waals surface area contributed by atoms with Gasteiger partial charge >= 0.3 is 0 Å². The van der Waals surface area contributed by atoms with Crippen LogP contribution in [0.15, 0.2) is 36.4 Å². The van der Waals surface area contributed by atoms with Crippen molar-refractivity contribution < 1.29 is 5.11 Å². The Bertz CT molecular complexity index is 387. The lowest BCUT2D eigenvalue weighted by Crippen LogP contribution is -2.43. The van der Waals surface area contributed by atoms with Gasteiger partial charge in [-0.15, -0.1) is 0 Å². The zero-order chi connectivity index (χ0) is 12.8. The quantitative estimate of drug-likeness (QED) is 0.856. The van der Waals surface area contributed by atoms with Gasteiger partial charge in [0.1, 0.15) is 0 Å². The molecule has 2 atom stereocenters. The van der Waals surface area contributed by atoms with Crippen LogP contribution in [0.3, 0.4) is 0 Å². The molecular formula is C16H23NO. The third kappa shape index (κ3) is 3.01. The standard InChI is InChI=1S/C16H23NO/c17-13-16(11-5-4-10-15(16)18)12-6-9-14-7-2-1-3-8-14/h1-3,6-9,15,18H,4-5,10-13,17H2/b9-6+. The first-order valence-electron chi connectivity index (χ1n) is 6.86. The van der Waals surface area contributed by atoms with Crippen LogP contribution in [0, 0.1) is 5.41 Å². The Labute approximate surface area is 110 Å². The SMILES string of the molecule is NCC1(C/C=C/c2ccccc2)CCCCC1O. The molecule has 0 bridgehead atoms. The van der Waals surface area contributed by atoms with E-state index in [0.717, 1.165) is 25.7 Å². The van der Waals surface area contributed by atoms with Crippen molar-refractivity contribution in [2.24, 2.45) is 11.1 Å². The minimum absolute atomic E-state index is 0.0937.